The van der Waals surface area contributed by atoms with Crippen LogP contribution in [0, 0.1) is 0 Å². The van der Waals surface area contributed by atoms with Crippen LogP contribution in [0.4, 0.5) is 0 Å². The molecule has 1 rings (SSSR count). The Balaban J connectivity index is 2.67. The lowest BCUT2D eigenvalue weighted by Gasteiger charge is -2.09. The second-order valence-electron chi connectivity index (χ2n) is 2.88. The van der Waals surface area contributed by atoms with Gasteiger partial charge in [0, 0.05) is 11.9 Å². The van der Waals surface area contributed by atoms with E-state index in [-0.39, 0.29) is 12.2 Å². The Morgan fingerprint density at radius 2 is 2.31 bits per heavy atom. The molecule has 88 valence electrons. The first kappa shape index (κ1) is 12.6. The summed E-state index contributed by atoms with van der Waals surface area (Å²) in [5, 5.41) is 21.5. The number of thiazole rings is 1. The van der Waals surface area contributed by atoms with E-state index in [1.165, 1.54) is 16.7 Å². The van der Waals surface area contributed by atoms with Gasteiger partial charge in [-0.05, 0) is 0 Å². The number of rotatable bonds is 5. The maximum absolute atomic E-state index is 11.5. The van der Waals surface area contributed by atoms with Gasteiger partial charge in [0.2, 0.25) is 0 Å². The third kappa shape index (κ3) is 2.99. The molecule has 0 radical (unpaired) electrons. The fourth-order valence-corrected chi connectivity index (χ4v) is 1.58. The van der Waals surface area contributed by atoms with Crippen LogP contribution in [0.5, 0.6) is 0 Å². The molecule has 5 N–H and O–H groups in total. The van der Waals surface area contributed by atoms with Crippen LogP contribution in [-0.4, -0.2) is 39.7 Å². The van der Waals surface area contributed by atoms with Crippen molar-refractivity contribution in [2.24, 2.45) is 5.73 Å². The molecule has 0 aliphatic carbocycles. The van der Waals surface area contributed by atoms with Crippen molar-refractivity contribution in [1.29, 1.82) is 0 Å². The molecule has 1 amide bonds. The molecular weight excluding hydrogens is 234 g/mol. The Labute approximate surface area is 94.9 Å². The summed E-state index contributed by atoms with van der Waals surface area (Å²) in [5.74, 6) is -1.94. The highest BCUT2D eigenvalue weighted by Crippen LogP contribution is 2.08. The van der Waals surface area contributed by atoms with Crippen LogP contribution in [0.1, 0.15) is 15.5 Å². The molecule has 0 aromatic carbocycles. The number of nitrogens with one attached hydrogen (secondary N) is 1. The van der Waals surface area contributed by atoms with Crippen molar-refractivity contribution in [3.63, 3.8) is 0 Å². The molecule has 1 atom stereocenters. The van der Waals surface area contributed by atoms with Crippen molar-refractivity contribution in [3.05, 3.63) is 16.1 Å². The smallest absolute Gasteiger partial charge is 0.328 e. The highest BCUT2D eigenvalue weighted by molar-refractivity contribution is 7.09. The first-order valence-electron chi connectivity index (χ1n) is 4.37. The van der Waals surface area contributed by atoms with E-state index in [0.717, 1.165) is 0 Å². The number of hydrogen-bond acceptors (Lipinski definition) is 6. The van der Waals surface area contributed by atoms with Gasteiger partial charge >= 0.3 is 5.97 Å². The molecule has 0 spiro atoms. The zero-order valence-electron chi connectivity index (χ0n) is 8.21. The summed E-state index contributed by atoms with van der Waals surface area (Å²) in [7, 11) is 0. The van der Waals surface area contributed by atoms with E-state index in [1.54, 1.807) is 0 Å². The summed E-state index contributed by atoms with van der Waals surface area (Å²) in [4.78, 5) is 25.9. The van der Waals surface area contributed by atoms with Crippen molar-refractivity contribution < 1.29 is 19.8 Å². The lowest BCUT2D eigenvalue weighted by atomic mass is 10.3. The molecule has 0 fully saturated rings. The quantitative estimate of drug-likeness (QED) is 0.515. The Kier molecular flexibility index (Phi) is 4.35. The van der Waals surface area contributed by atoms with Gasteiger partial charge in [0.1, 0.15) is 10.7 Å². The predicted molar refractivity (Wildman–Crippen MR) is 56.0 cm³/mol. The number of amides is 1. The highest BCUT2D eigenvalue weighted by atomic mass is 32.1. The van der Waals surface area contributed by atoms with E-state index in [0.29, 0.717) is 5.01 Å². The Morgan fingerprint density at radius 1 is 1.62 bits per heavy atom. The summed E-state index contributed by atoms with van der Waals surface area (Å²) < 4.78 is 0. The fraction of sp³-hybridized carbons (Fsp3) is 0.375. The van der Waals surface area contributed by atoms with E-state index in [4.69, 9.17) is 15.9 Å². The van der Waals surface area contributed by atoms with Gasteiger partial charge in [-0.3, -0.25) is 4.79 Å². The topological polar surface area (TPSA) is 126 Å². The molecule has 7 nitrogen and oxygen atoms in total. The van der Waals surface area contributed by atoms with Gasteiger partial charge in [-0.1, -0.05) is 0 Å². The zero-order chi connectivity index (χ0) is 12.1. The standard InChI is InChI=1S/C8H11N3O4S/c9-1-6-10-5(3-16-6)7(13)11-4(2-12)8(14)15/h3-4,12H,1-2,9H2,(H,11,13)(H,14,15)/t4-/m1/s1. The molecule has 0 saturated carbocycles. The molecule has 1 aromatic heterocycles. The number of hydrogen-bond donors (Lipinski definition) is 4. The molecule has 0 saturated heterocycles. The first-order chi connectivity index (χ1) is 7.58. The number of nitrogens with two attached hydrogens (primary N) is 1. The summed E-state index contributed by atoms with van der Waals surface area (Å²) in [5.41, 5.74) is 5.42. The highest BCUT2D eigenvalue weighted by Gasteiger charge is 2.20. The second kappa shape index (κ2) is 5.54. The van der Waals surface area contributed by atoms with E-state index in [1.807, 2.05) is 0 Å². The van der Waals surface area contributed by atoms with Gasteiger partial charge in [-0.2, -0.15) is 0 Å². The molecule has 16 heavy (non-hydrogen) atoms. The third-order valence-corrected chi connectivity index (χ3v) is 2.62. The van der Waals surface area contributed by atoms with Crippen molar-refractivity contribution >= 4 is 23.2 Å². The first-order valence-corrected chi connectivity index (χ1v) is 5.25. The lowest BCUT2D eigenvalue weighted by Crippen LogP contribution is -2.43. The Bertz CT molecular complexity index is 392. The molecule has 0 unspecified atom stereocenters. The van der Waals surface area contributed by atoms with Crippen molar-refractivity contribution in [3.8, 4) is 0 Å². The SMILES string of the molecule is NCc1nc(C(=O)N[C@H](CO)C(=O)O)cs1. The minimum atomic E-state index is -1.32. The average molecular weight is 245 g/mol. The maximum atomic E-state index is 11.5. The Morgan fingerprint density at radius 3 is 2.75 bits per heavy atom. The van der Waals surface area contributed by atoms with Gasteiger partial charge in [-0.25, -0.2) is 9.78 Å². The largest absolute Gasteiger partial charge is 0.480 e. The molecule has 1 heterocycles. The van der Waals surface area contributed by atoms with Crippen LogP contribution in [0.2, 0.25) is 0 Å². The van der Waals surface area contributed by atoms with Crippen LogP contribution >= 0.6 is 11.3 Å². The number of aliphatic carboxylic acids is 1. The fourth-order valence-electron chi connectivity index (χ4n) is 0.927. The van der Waals surface area contributed by atoms with Gasteiger partial charge in [0.15, 0.2) is 6.04 Å². The van der Waals surface area contributed by atoms with E-state index < -0.39 is 24.5 Å². The molecule has 0 aliphatic rings. The van der Waals surface area contributed by atoms with Gasteiger partial charge in [0.05, 0.1) is 6.61 Å². The predicted octanol–water partition coefficient (Wildman–Crippen LogP) is -1.22. The van der Waals surface area contributed by atoms with Crippen LogP contribution in [0.25, 0.3) is 0 Å². The van der Waals surface area contributed by atoms with E-state index in [9.17, 15) is 9.59 Å². The van der Waals surface area contributed by atoms with Crippen molar-refractivity contribution in [2.75, 3.05) is 6.61 Å². The number of nitrogens with zero attached hydrogens (tertiary/aromatic N) is 1. The van der Waals surface area contributed by atoms with Crippen molar-refractivity contribution in [1.82, 2.24) is 10.3 Å². The van der Waals surface area contributed by atoms with Crippen LogP contribution in [-0.2, 0) is 11.3 Å². The maximum Gasteiger partial charge on any atom is 0.328 e. The molecular formula is C8H11N3O4S. The zero-order valence-corrected chi connectivity index (χ0v) is 9.03. The van der Waals surface area contributed by atoms with Crippen LogP contribution < -0.4 is 11.1 Å². The van der Waals surface area contributed by atoms with Crippen LogP contribution in [0.3, 0.4) is 0 Å². The van der Waals surface area contributed by atoms with Crippen LogP contribution in [0.15, 0.2) is 5.38 Å². The Hall–Kier alpha value is -1.51. The van der Waals surface area contributed by atoms with Crippen molar-refractivity contribution in [2.45, 2.75) is 12.6 Å². The third-order valence-electron chi connectivity index (χ3n) is 1.75. The molecule has 1 aromatic rings. The summed E-state index contributed by atoms with van der Waals surface area (Å²) in [6.07, 6.45) is 0. The minimum absolute atomic E-state index is 0.102. The normalized spacial score (nSPS) is 12.1. The molecule has 0 aliphatic heterocycles. The van der Waals surface area contributed by atoms with Gasteiger partial charge < -0.3 is 21.3 Å². The van der Waals surface area contributed by atoms with Gasteiger partial charge in [-0.15, -0.1) is 11.3 Å². The number of aliphatic hydroxyl groups excluding tert-OH is 1. The number of carbonyl (C=O) groups is 2. The van der Waals surface area contributed by atoms with E-state index >= 15 is 0 Å². The molecule has 0 bridgehead atoms. The van der Waals surface area contributed by atoms with E-state index in [2.05, 4.69) is 10.3 Å². The number of carboxylic acids is 1. The number of aromatic nitrogens is 1. The number of carbonyl (C=O) groups excluding carboxylic acids is 1. The summed E-state index contributed by atoms with van der Waals surface area (Å²) in [6.45, 7) is -0.449. The monoisotopic (exact) mass is 245 g/mol. The summed E-state index contributed by atoms with van der Waals surface area (Å²) in [6, 6.07) is -1.32. The number of aliphatic hydroxyl groups is 1. The molecule has 8 heteroatoms. The minimum Gasteiger partial charge on any atom is -0.480 e. The van der Waals surface area contributed by atoms with Gasteiger partial charge in [0.25, 0.3) is 5.91 Å². The second-order valence-corrected chi connectivity index (χ2v) is 3.82. The summed E-state index contributed by atoms with van der Waals surface area (Å²) >= 11 is 1.21. The lowest BCUT2D eigenvalue weighted by molar-refractivity contribution is -0.140. The number of carboxylic acid groups (broad SMARTS) is 1. The average Bonchev–Trinajstić information content (AvgIpc) is 2.73.